The lowest BCUT2D eigenvalue weighted by Gasteiger charge is -2.19. The van der Waals surface area contributed by atoms with Crippen molar-refractivity contribution in [3.8, 4) is 11.3 Å². The average Bonchev–Trinajstić information content (AvgIpc) is 3.12. The van der Waals surface area contributed by atoms with Gasteiger partial charge in [0, 0.05) is 5.56 Å². The quantitative estimate of drug-likeness (QED) is 0.622. The van der Waals surface area contributed by atoms with Crippen molar-refractivity contribution in [3.05, 3.63) is 42.1 Å². The summed E-state index contributed by atoms with van der Waals surface area (Å²) in [4.78, 5) is 12.4. The molecule has 2 atom stereocenters. The van der Waals surface area contributed by atoms with Crippen LogP contribution in [0.2, 0.25) is 0 Å². The Hall–Kier alpha value is -2.24. The first-order valence-electron chi connectivity index (χ1n) is 7.72. The number of nitrogens with one attached hydrogen (secondary N) is 3. The van der Waals surface area contributed by atoms with Gasteiger partial charge in [-0.2, -0.15) is 5.10 Å². The molecule has 0 bridgehead atoms. The van der Waals surface area contributed by atoms with E-state index in [-0.39, 0.29) is 17.2 Å². The summed E-state index contributed by atoms with van der Waals surface area (Å²) in [6.45, 7) is 0. The molecule has 11 heteroatoms. The van der Waals surface area contributed by atoms with Crippen LogP contribution in [-0.4, -0.2) is 62.8 Å². The van der Waals surface area contributed by atoms with Gasteiger partial charge in [0.25, 0.3) is 5.91 Å². The highest BCUT2D eigenvalue weighted by Crippen LogP contribution is 2.18. The molecule has 0 spiro atoms. The summed E-state index contributed by atoms with van der Waals surface area (Å²) in [5.41, 5.74) is 1.55. The van der Waals surface area contributed by atoms with Crippen LogP contribution in [0, 0.1) is 0 Å². The molecule has 0 saturated carbocycles. The lowest BCUT2D eigenvalue weighted by molar-refractivity contribution is 0.0932. The SMILES string of the molecule is CS(=O)(=O)N[C@H]1CS(=O)(=O)C[C@H]1NC(=O)c1cc(-c2ccccc2)n[nH]1. The number of rotatable bonds is 5. The smallest absolute Gasteiger partial charge is 0.269 e. The standard InChI is InChI=1S/C15H18N4O5S2/c1-25(21,22)19-14-9-26(23,24)8-13(14)16-15(20)12-7-11(17-18-12)10-5-3-2-4-6-10/h2-7,13-14,19H,8-9H2,1H3,(H,16,20)(H,17,18)/t13-,14+/m1/s1. The predicted octanol–water partition coefficient (Wildman–Crippen LogP) is -0.479. The number of sulfone groups is 1. The van der Waals surface area contributed by atoms with Crippen LogP contribution in [0.5, 0.6) is 0 Å². The third kappa shape index (κ3) is 4.48. The van der Waals surface area contributed by atoms with Crippen molar-refractivity contribution < 1.29 is 21.6 Å². The molecule has 1 fully saturated rings. The molecular formula is C15H18N4O5S2. The van der Waals surface area contributed by atoms with Crippen LogP contribution in [0.15, 0.2) is 36.4 Å². The topological polar surface area (TPSA) is 138 Å². The number of H-pyrrole nitrogens is 1. The van der Waals surface area contributed by atoms with E-state index in [1.807, 2.05) is 30.3 Å². The van der Waals surface area contributed by atoms with E-state index in [1.54, 1.807) is 6.07 Å². The number of amides is 1. The highest BCUT2D eigenvalue weighted by Gasteiger charge is 2.40. The third-order valence-electron chi connectivity index (χ3n) is 3.93. The van der Waals surface area contributed by atoms with Crippen molar-refractivity contribution in [2.45, 2.75) is 12.1 Å². The number of hydrogen-bond acceptors (Lipinski definition) is 6. The molecule has 3 N–H and O–H groups in total. The molecule has 0 aliphatic carbocycles. The van der Waals surface area contributed by atoms with Gasteiger partial charge in [-0.05, 0) is 6.07 Å². The van der Waals surface area contributed by atoms with Crippen LogP contribution < -0.4 is 10.0 Å². The van der Waals surface area contributed by atoms with Gasteiger partial charge in [0.1, 0.15) is 5.69 Å². The lowest BCUT2D eigenvalue weighted by atomic mass is 10.1. The van der Waals surface area contributed by atoms with E-state index in [4.69, 9.17) is 0 Å². The van der Waals surface area contributed by atoms with Crippen molar-refractivity contribution in [1.29, 1.82) is 0 Å². The van der Waals surface area contributed by atoms with Crippen LogP contribution in [0.25, 0.3) is 11.3 Å². The fraction of sp³-hybridized carbons (Fsp3) is 0.333. The highest BCUT2D eigenvalue weighted by molar-refractivity contribution is 7.92. The van der Waals surface area contributed by atoms with Gasteiger partial charge >= 0.3 is 0 Å². The number of hydrogen-bond donors (Lipinski definition) is 3. The maximum atomic E-state index is 12.4. The van der Waals surface area contributed by atoms with Crippen molar-refractivity contribution in [1.82, 2.24) is 20.2 Å². The lowest BCUT2D eigenvalue weighted by Crippen LogP contribution is -2.50. The minimum atomic E-state index is -3.61. The number of aromatic nitrogens is 2. The average molecular weight is 398 g/mol. The first-order valence-corrected chi connectivity index (χ1v) is 11.4. The summed E-state index contributed by atoms with van der Waals surface area (Å²) in [5.74, 6) is -1.24. The van der Waals surface area contributed by atoms with Gasteiger partial charge in [0.15, 0.2) is 9.84 Å². The number of carbonyl (C=O) groups excluding carboxylic acids is 1. The van der Waals surface area contributed by atoms with Gasteiger partial charge in [0.2, 0.25) is 10.0 Å². The first-order chi connectivity index (χ1) is 12.1. The maximum absolute atomic E-state index is 12.4. The zero-order chi connectivity index (χ0) is 18.9. The van der Waals surface area contributed by atoms with E-state index >= 15 is 0 Å². The molecule has 2 heterocycles. The summed E-state index contributed by atoms with van der Waals surface area (Å²) < 4.78 is 48.8. The van der Waals surface area contributed by atoms with E-state index in [2.05, 4.69) is 20.2 Å². The summed E-state index contributed by atoms with van der Waals surface area (Å²) in [6, 6.07) is 9.01. The molecule has 1 saturated heterocycles. The second-order valence-corrected chi connectivity index (χ2v) is 10.1. The molecular weight excluding hydrogens is 380 g/mol. The van der Waals surface area contributed by atoms with E-state index in [0.29, 0.717) is 5.69 Å². The van der Waals surface area contributed by atoms with E-state index < -0.39 is 37.9 Å². The summed E-state index contributed by atoms with van der Waals surface area (Å²) in [7, 11) is -7.06. The van der Waals surface area contributed by atoms with Crippen molar-refractivity contribution in [3.63, 3.8) is 0 Å². The molecule has 2 aromatic rings. The zero-order valence-corrected chi connectivity index (χ0v) is 15.5. The third-order valence-corrected chi connectivity index (χ3v) is 6.39. The normalized spacial score (nSPS) is 22.2. The Bertz CT molecular complexity index is 1020. The van der Waals surface area contributed by atoms with Gasteiger partial charge in [-0.15, -0.1) is 0 Å². The fourth-order valence-electron chi connectivity index (χ4n) is 2.82. The number of aromatic amines is 1. The van der Waals surface area contributed by atoms with Gasteiger partial charge in [-0.1, -0.05) is 30.3 Å². The molecule has 0 unspecified atom stereocenters. The Morgan fingerprint density at radius 1 is 1.19 bits per heavy atom. The summed E-state index contributed by atoms with van der Waals surface area (Å²) in [5, 5.41) is 9.26. The molecule has 3 rings (SSSR count). The molecule has 1 aliphatic heterocycles. The molecule has 1 amide bonds. The van der Waals surface area contributed by atoms with Crippen LogP contribution in [-0.2, 0) is 19.9 Å². The number of nitrogens with zero attached hydrogens (tertiary/aromatic N) is 1. The van der Waals surface area contributed by atoms with Crippen LogP contribution in [0.3, 0.4) is 0 Å². The molecule has 9 nitrogen and oxygen atoms in total. The Morgan fingerprint density at radius 2 is 1.85 bits per heavy atom. The van der Waals surface area contributed by atoms with Gasteiger partial charge in [-0.25, -0.2) is 21.6 Å². The molecule has 26 heavy (non-hydrogen) atoms. The minimum absolute atomic E-state index is 0.159. The fourth-order valence-corrected chi connectivity index (χ4v) is 5.59. The van der Waals surface area contributed by atoms with E-state index in [1.165, 1.54) is 0 Å². The second kappa shape index (κ2) is 6.82. The van der Waals surface area contributed by atoms with Gasteiger partial charge in [-0.3, -0.25) is 9.89 Å². The number of sulfonamides is 1. The molecule has 1 aromatic heterocycles. The maximum Gasteiger partial charge on any atom is 0.269 e. The molecule has 140 valence electrons. The Labute approximate surface area is 151 Å². The Kier molecular flexibility index (Phi) is 4.86. The molecule has 0 radical (unpaired) electrons. The zero-order valence-electron chi connectivity index (χ0n) is 13.8. The van der Waals surface area contributed by atoms with Crippen molar-refractivity contribution in [2.75, 3.05) is 17.8 Å². The molecule has 1 aromatic carbocycles. The van der Waals surface area contributed by atoms with E-state index in [9.17, 15) is 21.6 Å². The second-order valence-electron chi connectivity index (χ2n) is 6.19. The highest BCUT2D eigenvalue weighted by atomic mass is 32.2. The van der Waals surface area contributed by atoms with Gasteiger partial charge in [0.05, 0.1) is 35.5 Å². The molecule has 1 aliphatic rings. The number of benzene rings is 1. The van der Waals surface area contributed by atoms with Crippen LogP contribution in [0.1, 0.15) is 10.5 Å². The van der Waals surface area contributed by atoms with Gasteiger partial charge < -0.3 is 5.32 Å². The Balaban J connectivity index is 1.75. The Morgan fingerprint density at radius 3 is 2.50 bits per heavy atom. The first kappa shape index (κ1) is 18.5. The predicted molar refractivity (Wildman–Crippen MR) is 95.7 cm³/mol. The summed E-state index contributed by atoms with van der Waals surface area (Å²) in [6.07, 6.45) is 0.942. The van der Waals surface area contributed by atoms with Crippen LogP contribution in [0.4, 0.5) is 0 Å². The summed E-state index contributed by atoms with van der Waals surface area (Å²) >= 11 is 0. The van der Waals surface area contributed by atoms with Crippen LogP contribution >= 0.6 is 0 Å². The van der Waals surface area contributed by atoms with Crippen molar-refractivity contribution in [2.24, 2.45) is 0 Å². The largest absolute Gasteiger partial charge is 0.345 e. The number of carbonyl (C=O) groups is 1. The van der Waals surface area contributed by atoms with E-state index in [0.717, 1.165) is 11.8 Å². The monoisotopic (exact) mass is 398 g/mol. The minimum Gasteiger partial charge on any atom is -0.345 e. The van der Waals surface area contributed by atoms with Crippen molar-refractivity contribution >= 4 is 25.8 Å².